The molecule has 13 heavy (non-hydrogen) atoms. The lowest BCUT2D eigenvalue weighted by atomic mass is 10.2. The zero-order valence-corrected chi connectivity index (χ0v) is 8.03. The van der Waals surface area contributed by atoms with Gasteiger partial charge in [-0.3, -0.25) is 0 Å². The average molecular weight is 181 g/mol. The largest absolute Gasteiger partial charge is 0.383 e. The molecule has 1 atom stereocenters. The highest BCUT2D eigenvalue weighted by atomic mass is 16.5. The average Bonchev–Trinajstić information content (AvgIpc) is 2.19. The molecule has 1 heterocycles. The summed E-state index contributed by atoms with van der Waals surface area (Å²) < 4.78 is 5.06. The van der Waals surface area contributed by atoms with Crippen LogP contribution in [-0.4, -0.2) is 29.7 Å². The van der Waals surface area contributed by atoms with Gasteiger partial charge in [-0.2, -0.15) is 0 Å². The Morgan fingerprint density at radius 2 is 2.46 bits per heavy atom. The van der Waals surface area contributed by atoms with Crippen LogP contribution < -0.4 is 5.32 Å². The van der Waals surface area contributed by atoms with Gasteiger partial charge in [0.25, 0.3) is 0 Å². The number of hydrogen-bond acceptors (Lipinski definition) is 4. The van der Waals surface area contributed by atoms with E-state index in [0.717, 1.165) is 12.2 Å². The molecule has 72 valence electrons. The molecule has 0 radical (unpaired) electrons. The fraction of sp³-hybridized carbons (Fsp3) is 0.556. The summed E-state index contributed by atoms with van der Waals surface area (Å²) in [5.41, 5.74) is 0. The van der Waals surface area contributed by atoms with E-state index in [1.165, 1.54) is 6.33 Å². The van der Waals surface area contributed by atoms with E-state index >= 15 is 0 Å². The van der Waals surface area contributed by atoms with Crippen molar-refractivity contribution in [2.75, 3.05) is 19.0 Å². The van der Waals surface area contributed by atoms with Crippen LogP contribution in [0.15, 0.2) is 18.6 Å². The third-order valence-electron chi connectivity index (χ3n) is 1.79. The Balaban J connectivity index is 2.46. The summed E-state index contributed by atoms with van der Waals surface area (Å²) in [5.74, 6) is 0.846. The van der Waals surface area contributed by atoms with Crippen molar-refractivity contribution in [2.24, 2.45) is 0 Å². The molecule has 0 saturated carbocycles. The summed E-state index contributed by atoms with van der Waals surface area (Å²) in [7, 11) is 1.70. The van der Waals surface area contributed by atoms with Gasteiger partial charge in [-0.15, -0.1) is 0 Å². The maximum atomic E-state index is 5.06. The molecule has 1 aromatic heterocycles. The molecule has 1 rings (SSSR count). The van der Waals surface area contributed by atoms with E-state index in [-0.39, 0.29) is 0 Å². The Kier molecular flexibility index (Phi) is 4.18. The fourth-order valence-corrected chi connectivity index (χ4v) is 1.05. The van der Waals surface area contributed by atoms with Gasteiger partial charge < -0.3 is 10.1 Å². The van der Waals surface area contributed by atoms with Gasteiger partial charge in [0, 0.05) is 13.3 Å². The third kappa shape index (κ3) is 3.38. The lowest BCUT2D eigenvalue weighted by Gasteiger charge is -2.15. The lowest BCUT2D eigenvalue weighted by molar-refractivity contribution is 0.184. The standard InChI is InChI=1S/C9H15N3O/c1-3-8(6-13-2)12-9-4-5-10-7-11-9/h4-5,7-8H,3,6H2,1-2H3,(H,10,11,12). The SMILES string of the molecule is CCC(COC)Nc1ccncn1. The van der Waals surface area contributed by atoms with E-state index in [2.05, 4.69) is 22.2 Å². The molecule has 1 unspecified atom stereocenters. The summed E-state index contributed by atoms with van der Waals surface area (Å²) in [4.78, 5) is 7.91. The lowest BCUT2D eigenvalue weighted by Crippen LogP contribution is -2.24. The van der Waals surface area contributed by atoms with Crippen molar-refractivity contribution in [3.63, 3.8) is 0 Å². The number of nitrogens with one attached hydrogen (secondary N) is 1. The monoisotopic (exact) mass is 181 g/mol. The molecule has 0 saturated heterocycles. The quantitative estimate of drug-likeness (QED) is 0.744. The Bertz CT molecular complexity index is 228. The predicted octanol–water partition coefficient (Wildman–Crippen LogP) is 1.31. The van der Waals surface area contributed by atoms with Gasteiger partial charge in [0.15, 0.2) is 0 Å². The minimum absolute atomic E-state index is 0.319. The maximum absolute atomic E-state index is 5.06. The Morgan fingerprint density at radius 3 is 3.00 bits per heavy atom. The second kappa shape index (κ2) is 5.48. The molecule has 0 aromatic carbocycles. The second-order valence-corrected chi connectivity index (χ2v) is 2.80. The maximum Gasteiger partial charge on any atom is 0.129 e. The van der Waals surface area contributed by atoms with Crippen LogP contribution in [0.2, 0.25) is 0 Å². The van der Waals surface area contributed by atoms with E-state index in [0.29, 0.717) is 12.6 Å². The molecule has 1 N–H and O–H groups in total. The van der Waals surface area contributed by atoms with Gasteiger partial charge in [0.05, 0.1) is 12.6 Å². The topological polar surface area (TPSA) is 47.0 Å². The van der Waals surface area contributed by atoms with E-state index in [4.69, 9.17) is 4.74 Å². The third-order valence-corrected chi connectivity index (χ3v) is 1.79. The highest BCUT2D eigenvalue weighted by molar-refractivity contribution is 5.32. The van der Waals surface area contributed by atoms with E-state index < -0.39 is 0 Å². The zero-order valence-electron chi connectivity index (χ0n) is 8.03. The first kappa shape index (κ1) is 9.92. The van der Waals surface area contributed by atoms with E-state index in [9.17, 15) is 0 Å². The van der Waals surface area contributed by atoms with E-state index in [1.807, 2.05) is 6.07 Å². The Labute approximate surface area is 78.4 Å². The highest BCUT2D eigenvalue weighted by Crippen LogP contribution is 2.03. The molecule has 0 aliphatic carbocycles. The van der Waals surface area contributed by atoms with Crippen molar-refractivity contribution in [1.82, 2.24) is 9.97 Å². The summed E-state index contributed by atoms with van der Waals surface area (Å²) in [6, 6.07) is 2.16. The van der Waals surface area contributed by atoms with Crippen LogP contribution in [0.25, 0.3) is 0 Å². The fourth-order valence-electron chi connectivity index (χ4n) is 1.05. The molecule has 4 heteroatoms. The number of rotatable bonds is 5. The van der Waals surface area contributed by atoms with E-state index in [1.54, 1.807) is 13.3 Å². The predicted molar refractivity (Wildman–Crippen MR) is 51.6 cm³/mol. The molecule has 0 spiro atoms. The number of methoxy groups -OCH3 is 1. The van der Waals surface area contributed by atoms with Gasteiger partial charge in [-0.1, -0.05) is 6.92 Å². The van der Waals surface area contributed by atoms with Crippen molar-refractivity contribution < 1.29 is 4.74 Å². The smallest absolute Gasteiger partial charge is 0.129 e. The van der Waals surface area contributed by atoms with Crippen LogP contribution in [-0.2, 0) is 4.74 Å². The zero-order chi connectivity index (χ0) is 9.52. The molecule has 0 fully saturated rings. The van der Waals surface area contributed by atoms with Gasteiger partial charge in [-0.25, -0.2) is 9.97 Å². The molecule has 4 nitrogen and oxygen atoms in total. The number of hydrogen-bond donors (Lipinski definition) is 1. The van der Waals surface area contributed by atoms with Crippen LogP contribution in [0.1, 0.15) is 13.3 Å². The first-order chi connectivity index (χ1) is 6.36. The van der Waals surface area contributed by atoms with Crippen LogP contribution in [0.4, 0.5) is 5.82 Å². The Morgan fingerprint density at radius 1 is 1.62 bits per heavy atom. The molecule has 0 aliphatic heterocycles. The summed E-state index contributed by atoms with van der Waals surface area (Å²) >= 11 is 0. The number of nitrogens with zero attached hydrogens (tertiary/aromatic N) is 2. The first-order valence-electron chi connectivity index (χ1n) is 4.38. The van der Waals surface area contributed by atoms with Gasteiger partial charge in [-0.05, 0) is 12.5 Å². The van der Waals surface area contributed by atoms with Crippen LogP contribution in [0.5, 0.6) is 0 Å². The first-order valence-corrected chi connectivity index (χ1v) is 4.38. The van der Waals surface area contributed by atoms with Crippen molar-refractivity contribution in [2.45, 2.75) is 19.4 Å². The molecule has 1 aromatic rings. The number of anilines is 1. The van der Waals surface area contributed by atoms with Crippen molar-refractivity contribution in [3.05, 3.63) is 18.6 Å². The van der Waals surface area contributed by atoms with Gasteiger partial charge in [0.1, 0.15) is 12.1 Å². The normalized spacial score (nSPS) is 12.5. The summed E-state index contributed by atoms with van der Waals surface area (Å²) in [6.45, 7) is 2.80. The van der Waals surface area contributed by atoms with Crippen molar-refractivity contribution >= 4 is 5.82 Å². The number of ether oxygens (including phenoxy) is 1. The van der Waals surface area contributed by atoms with Crippen LogP contribution in [0.3, 0.4) is 0 Å². The number of aromatic nitrogens is 2. The highest BCUT2D eigenvalue weighted by Gasteiger charge is 2.04. The van der Waals surface area contributed by atoms with Gasteiger partial charge in [0.2, 0.25) is 0 Å². The van der Waals surface area contributed by atoms with Crippen molar-refractivity contribution in [3.8, 4) is 0 Å². The summed E-state index contributed by atoms with van der Waals surface area (Å²) in [6.07, 6.45) is 4.26. The molecular weight excluding hydrogens is 166 g/mol. The van der Waals surface area contributed by atoms with Gasteiger partial charge >= 0.3 is 0 Å². The van der Waals surface area contributed by atoms with Crippen LogP contribution in [0, 0.1) is 0 Å². The van der Waals surface area contributed by atoms with Crippen molar-refractivity contribution in [1.29, 1.82) is 0 Å². The molecule has 0 bridgehead atoms. The molecule has 0 amide bonds. The van der Waals surface area contributed by atoms with Crippen LogP contribution >= 0.6 is 0 Å². The minimum Gasteiger partial charge on any atom is -0.383 e. The summed E-state index contributed by atoms with van der Waals surface area (Å²) in [5, 5.41) is 3.25. The Hall–Kier alpha value is -1.16. The molecule has 0 aliphatic rings. The second-order valence-electron chi connectivity index (χ2n) is 2.80. The minimum atomic E-state index is 0.319. The molecular formula is C9H15N3O.